The molecule has 0 aromatic carbocycles. The summed E-state index contributed by atoms with van der Waals surface area (Å²) in [5.74, 6) is 1.18. The van der Waals surface area contributed by atoms with Gasteiger partial charge in [0.15, 0.2) is 0 Å². The fourth-order valence-electron chi connectivity index (χ4n) is 3.65. The lowest BCUT2D eigenvalue weighted by Crippen LogP contribution is -2.39. The van der Waals surface area contributed by atoms with E-state index < -0.39 is 10.0 Å². The summed E-state index contributed by atoms with van der Waals surface area (Å²) in [6.07, 6.45) is 7.15. The van der Waals surface area contributed by atoms with Crippen molar-refractivity contribution in [2.75, 3.05) is 18.4 Å². The summed E-state index contributed by atoms with van der Waals surface area (Å²) in [7, 11) is -3.40. The van der Waals surface area contributed by atoms with Gasteiger partial charge >= 0.3 is 0 Å². The molecule has 116 valence electrons. The molecular formula is C15H23N3O2S. The summed E-state index contributed by atoms with van der Waals surface area (Å²) < 4.78 is 27.6. The molecule has 1 aromatic rings. The lowest BCUT2D eigenvalue weighted by molar-refractivity contribution is 0.260. The van der Waals surface area contributed by atoms with Gasteiger partial charge in [-0.1, -0.05) is 12.8 Å². The van der Waals surface area contributed by atoms with Crippen LogP contribution in [0.5, 0.6) is 0 Å². The Bertz CT molecular complexity index is 603. The van der Waals surface area contributed by atoms with Crippen LogP contribution in [0, 0.1) is 5.92 Å². The predicted octanol–water partition coefficient (Wildman–Crippen LogP) is 2.47. The van der Waals surface area contributed by atoms with Gasteiger partial charge in [0.05, 0.1) is 4.90 Å². The second-order valence-electron chi connectivity index (χ2n) is 5.92. The number of aromatic nitrogens is 1. The van der Waals surface area contributed by atoms with E-state index in [9.17, 15) is 8.42 Å². The Kier molecular flexibility index (Phi) is 4.17. The maximum absolute atomic E-state index is 12.9. The molecule has 3 rings (SSSR count). The molecule has 2 aliphatic rings. The molecule has 0 bridgehead atoms. The van der Waals surface area contributed by atoms with Gasteiger partial charge in [0.2, 0.25) is 10.0 Å². The Labute approximate surface area is 126 Å². The van der Waals surface area contributed by atoms with E-state index in [-0.39, 0.29) is 6.04 Å². The summed E-state index contributed by atoms with van der Waals surface area (Å²) in [5, 5.41) is 3.07. The van der Waals surface area contributed by atoms with E-state index in [0.717, 1.165) is 25.8 Å². The fourth-order valence-corrected chi connectivity index (χ4v) is 5.39. The third kappa shape index (κ3) is 2.79. The van der Waals surface area contributed by atoms with Gasteiger partial charge in [-0.15, -0.1) is 0 Å². The van der Waals surface area contributed by atoms with Gasteiger partial charge in [0.25, 0.3) is 0 Å². The minimum atomic E-state index is -3.40. The van der Waals surface area contributed by atoms with Crippen LogP contribution in [0.15, 0.2) is 23.2 Å². The van der Waals surface area contributed by atoms with Crippen LogP contribution in [-0.2, 0) is 10.0 Å². The van der Waals surface area contributed by atoms with Crippen molar-refractivity contribution >= 4 is 15.8 Å². The van der Waals surface area contributed by atoms with Gasteiger partial charge in [-0.25, -0.2) is 13.4 Å². The monoisotopic (exact) mass is 309 g/mol. The second-order valence-corrected chi connectivity index (χ2v) is 7.81. The molecule has 21 heavy (non-hydrogen) atoms. The Hall–Kier alpha value is -1.14. The molecule has 2 fully saturated rings. The predicted molar refractivity (Wildman–Crippen MR) is 82.7 cm³/mol. The SMILES string of the molecule is CCNc1cc(S(=O)(=O)N2CCC3CCCCC32)ccn1. The first kappa shape index (κ1) is 14.8. The van der Waals surface area contributed by atoms with Crippen molar-refractivity contribution in [2.45, 2.75) is 50.0 Å². The van der Waals surface area contributed by atoms with Gasteiger partial charge < -0.3 is 5.32 Å². The third-order valence-corrected chi connectivity index (χ3v) is 6.58. The molecule has 1 aromatic heterocycles. The Morgan fingerprint density at radius 3 is 2.95 bits per heavy atom. The number of rotatable bonds is 4. The highest BCUT2D eigenvalue weighted by Gasteiger charge is 2.42. The topological polar surface area (TPSA) is 62.3 Å². The molecule has 2 atom stereocenters. The molecule has 1 aliphatic carbocycles. The maximum Gasteiger partial charge on any atom is 0.243 e. The van der Waals surface area contributed by atoms with Gasteiger partial charge in [-0.3, -0.25) is 0 Å². The molecule has 1 aliphatic heterocycles. The number of pyridine rings is 1. The number of hydrogen-bond acceptors (Lipinski definition) is 4. The minimum absolute atomic E-state index is 0.208. The molecule has 2 unspecified atom stereocenters. The van der Waals surface area contributed by atoms with E-state index in [1.165, 1.54) is 12.8 Å². The number of nitrogens with zero attached hydrogens (tertiary/aromatic N) is 2. The van der Waals surface area contributed by atoms with Crippen LogP contribution in [0.4, 0.5) is 5.82 Å². The zero-order valence-electron chi connectivity index (χ0n) is 12.5. The number of sulfonamides is 1. The van der Waals surface area contributed by atoms with Crippen LogP contribution < -0.4 is 5.32 Å². The molecule has 1 saturated heterocycles. The summed E-state index contributed by atoms with van der Waals surface area (Å²) in [6.45, 7) is 3.36. The van der Waals surface area contributed by atoms with E-state index in [1.54, 1.807) is 22.6 Å². The van der Waals surface area contributed by atoms with E-state index in [0.29, 0.717) is 23.2 Å². The average molecular weight is 309 g/mol. The fraction of sp³-hybridized carbons (Fsp3) is 0.667. The third-order valence-electron chi connectivity index (χ3n) is 4.66. The number of fused-ring (bicyclic) bond motifs is 1. The molecule has 2 heterocycles. The van der Waals surface area contributed by atoms with Gasteiger partial charge in [-0.05, 0) is 38.2 Å². The Balaban J connectivity index is 1.88. The van der Waals surface area contributed by atoms with Gasteiger partial charge in [-0.2, -0.15) is 4.31 Å². The molecular weight excluding hydrogens is 286 g/mol. The number of anilines is 1. The average Bonchev–Trinajstić information content (AvgIpc) is 2.92. The van der Waals surface area contributed by atoms with Gasteiger partial charge in [0, 0.05) is 31.4 Å². The second kappa shape index (κ2) is 5.93. The first-order chi connectivity index (χ1) is 10.1. The van der Waals surface area contributed by atoms with Crippen LogP contribution in [-0.4, -0.2) is 36.8 Å². The standard InChI is InChI=1S/C15H23N3O2S/c1-2-16-15-11-13(7-9-17-15)21(19,20)18-10-8-12-5-3-4-6-14(12)18/h7,9,11-12,14H,2-6,8,10H2,1H3,(H,16,17). The molecule has 0 amide bonds. The largest absolute Gasteiger partial charge is 0.370 e. The van der Waals surface area contributed by atoms with Crippen molar-refractivity contribution in [3.63, 3.8) is 0 Å². The van der Waals surface area contributed by atoms with Gasteiger partial charge in [0.1, 0.15) is 5.82 Å². The number of hydrogen-bond donors (Lipinski definition) is 1. The van der Waals surface area contributed by atoms with Crippen LogP contribution in [0.1, 0.15) is 39.0 Å². The van der Waals surface area contributed by atoms with E-state index in [4.69, 9.17) is 0 Å². The van der Waals surface area contributed by atoms with Crippen molar-refractivity contribution in [3.8, 4) is 0 Å². The van der Waals surface area contributed by atoms with Crippen LogP contribution in [0.25, 0.3) is 0 Å². The molecule has 1 N–H and O–H groups in total. The highest BCUT2D eigenvalue weighted by molar-refractivity contribution is 7.89. The molecule has 5 nitrogen and oxygen atoms in total. The highest BCUT2D eigenvalue weighted by Crippen LogP contribution is 2.39. The van der Waals surface area contributed by atoms with Crippen molar-refractivity contribution < 1.29 is 8.42 Å². The molecule has 6 heteroatoms. The summed E-state index contributed by atoms with van der Waals surface area (Å²) in [5.41, 5.74) is 0. The van der Waals surface area contributed by atoms with Crippen molar-refractivity contribution in [2.24, 2.45) is 5.92 Å². The zero-order valence-corrected chi connectivity index (χ0v) is 13.3. The zero-order chi connectivity index (χ0) is 14.9. The van der Waals surface area contributed by atoms with Crippen molar-refractivity contribution in [3.05, 3.63) is 18.3 Å². The molecule has 0 spiro atoms. The van der Waals surface area contributed by atoms with Crippen molar-refractivity contribution in [1.29, 1.82) is 0 Å². The molecule has 1 saturated carbocycles. The first-order valence-corrected chi connectivity index (χ1v) is 9.28. The lowest BCUT2D eigenvalue weighted by Gasteiger charge is -2.31. The smallest absolute Gasteiger partial charge is 0.243 e. The quantitative estimate of drug-likeness (QED) is 0.928. The molecule has 0 radical (unpaired) electrons. The Morgan fingerprint density at radius 2 is 2.14 bits per heavy atom. The first-order valence-electron chi connectivity index (χ1n) is 7.84. The number of nitrogens with one attached hydrogen (secondary N) is 1. The van der Waals surface area contributed by atoms with E-state index in [1.807, 2.05) is 6.92 Å². The highest BCUT2D eigenvalue weighted by atomic mass is 32.2. The summed E-state index contributed by atoms with van der Waals surface area (Å²) in [4.78, 5) is 4.52. The minimum Gasteiger partial charge on any atom is -0.370 e. The van der Waals surface area contributed by atoms with E-state index >= 15 is 0 Å². The van der Waals surface area contributed by atoms with Crippen LogP contribution in [0.3, 0.4) is 0 Å². The summed E-state index contributed by atoms with van der Waals surface area (Å²) >= 11 is 0. The normalized spacial score (nSPS) is 26.5. The maximum atomic E-state index is 12.9. The van der Waals surface area contributed by atoms with Crippen LogP contribution in [0.2, 0.25) is 0 Å². The lowest BCUT2D eigenvalue weighted by atomic mass is 9.86. The van der Waals surface area contributed by atoms with E-state index in [2.05, 4.69) is 10.3 Å². The van der Waals surface area contributed by atoms with Crippen LogP contribution >= 0.6 is 0 Å². The van der Waals surface area contributed by atoms with Crippen molar-refractivity contribution in [1.82, 2.24) is 9.29 Å². The Morgan fingerprint density at radius 1 is 1.33 bits per heavy atom. The summed E-state index contributed by atoms with van der Waals surface area (Å²) in [6, 6.07) is 3.46.